The van der Waals surface area contributed by atoms with E-state index in [1.807, 2.05) is 12.1 Å². The lowest BCUT2D eigenvalue weighted by Gasteiger charge is -2.01. The Morgan fingerprint density at radius 3 is 1.75 bits per heavy atom. The van der Waals surface area contributed by atoms with Gasteiger partial charge in [0, 0.05) is 37.2 Å². The highest BCUT2D eigenvalue weighted by atomic mass is 128. The normalized spacial score (nSPS) is 8.42. The molecule has 3 heteroatoms. The van der Waals surface area contributed by atoms with Crippen LogP contribution in [0.25, 0.3) is 0 Å². The van der Waals surface area contributed by atoms with E-state index < -0.39 is 0 Å². The van der Waals surface area contributed by atoms with Crippen LogP contribution in [0.1, 0.15) is 11.1 Å². The highest BCUT2D eigenvalue weighted by Gasteiger charge is 1.92. The highest BCUT2D eigenvalue weighted by Crippen LogP contribution is 2.14. The van der Waals surface area contributed by atoms with Crippen LogP contribution in [-0.2, 0) is 0 Å². The monoisotopic (exact) mass is 390 g/mol. The molecule has 0 amide bonds. The maximum atomic E-state index is 5.08. The maximum absolute atomic E-state index is 5.08. The van der Waals surface area contributed by atoms with Crippen molar-refractivity contribution in [2.45, 2.75) is 13.8 Å². The van der Waals surface area contributed by atoms with Gasteiger partial charge in [-0.2, -0.15) is 0 Å². The molecule has 0 unspecified atom stereocenters. The van der Waals surface area contributed by atoms with E-state index in [2.05, 4.69) is 57.1 Å². The van der Waals surface area contributed by atoms with Crippen LogP contribution in [0.5, 0.6) is 5.75 Å². The van der Waals surface area contributed by atoms with Gasteiger partial charge in [0.2, 0.25) is 0 Å². The third-order valence-electron chi connectivity index (χ3n) is 1.43. The Bertz CT molecular complexity index is 216. The van der Waals surface area contributed by atoms with E-state index in [0.717, 1.165) is 5.75 Å². The Morgan fingerprint density at radius 2 is 1.42 bits per heavy atom. The first kappa shape index (κ1) is 12.5. The molecule has 1 nitrogen and oxygen atoms in total. The molecule has 0 heterocycles. The lowest BCUT2D eigenvalue weighted by molar-refractivity contribution is 0.414. The first-order valence-electron chi connectivity index (χ1n) is 3.49. The number of aryl methyl sites for hydroxylation is 2. The number of ether oxygens (including phenoxy) is 1. The molecule has 1 aromatic rings. The van der Waals surface area contributed by atoms with Crippen molar-refractivity contribution in [3.05, 3.63) is 29.3 Å². The first-order valence-corrected chi connectivity index (χ1v) is 9.77. The van der Waals surface area contributed by atoms with Gasteiger partial charge in [-0.25, -0.2) is 0 Å². The van der Waals surface area contributed by atoms with Crippen LogP contribution < -0.4 is 4.74 Å². The summed E-state index contributed by atoms with van der Waals surface area (Å²) in [5.41, 5.74) is 2.49. The average molecular weight is 390 g/mol. The fraction of sp³-hybridized carbons (Fsp3) is 0.333. The molecule has 0 aromatic heterocycles. The van der Waals surface area contributed by atoms with Crippen molar-refractivity contribution in [3.63, 3.8) is 0 Å². The SMILES string of the molecule is COc1cc(C)cc(C)c1.II. The molecule has 0 aliphatic rings. The van der Waals surface area contributed by atoms with E-state index in [-0.39, 0.29) is 0 Å². The molecular weight excluding hydrogens is 378 g/mol. The molecule has 0 aliphatic heterocycles. The Balaban J connectivity index is 0.000000561. The fourth-order valence-electron chi connectivity index (χ4n) is 1.05. The second-order valence-electron chi connectivity index (χ2n) is 2.53. The Morgan fingerprint density at radius 1 is 1.00 bits per heavy atom. The minimum Gasteiger partial charge on any atom is -0.497 e. The van der Waals surface area contributed by atoms with Crippen LogP contribution in [0.4, 0.5) is 0 Å². The van der Waals surface area contributed by atoms with Crippen LogP contribution >= 0.6 is 37.2 Å². The molecule has 1 rings (SSSR count). The topological polar surface area (TPSA) is 9.23 Å². The Labute approximate surface area is 97.2 Å². The van der Waals surface area contributed by atoms with Gasteiger partial charge in [0.05, 0.1) is 7.11 Å². The number of hydrogen-bond acceptors (Lipinski definition) is 1. The molecule has 1 aromatic carbocycles. The molecule has 12 heavy (non-hydrogen) atoms. The quantitative estimate of drug-likeness (QED) is 0.657. The van der Waals surface area contributed by atoms with Crippen molar-refractivity contribution in [1.29, 1.82) is 0 Å². The second-order valence-corrected chi connectivity index (χ2v) is 2.53. The molecule has 0 radical (unpaired) electrons. The molecule has 0 N–H and O–H groups in total. The van der Waals surface area contributed by atoms with E-state index in [9.17, 15) is 0 Å². The molecule has 0 atom stereocenters. The summed E-state index contributed by atoms with van der Waals surface area (Å²) in [7, 11) is 1.69. The Hall–Kier alpha value is 0.480. The van der Waals surface area contributed by atoms with Crippen LogP contribution in [0, 0.1) is 13.8 Å². The predicted octanol–water partition coefficient (Wildman–Crippen LogP) is 4.08. The third kappa shape index (κ3) is 4.49. The van der Waals surface area contributed by atoms with E-state index in [0.29, 0.717) is 0 Å². The van der Waals surface area contributed by atoms with Gasteiger partial charge in [0.25, 0.3) is 0 Å². The fourth-order valence-corrected chi connectivity index (χ4v) is 1.05. The highest BCUT2D eigenvalue weighted by molar-refractivity contribution is 15.0. The zero-order valence-electron chi connectivity index (χ0n) is 7.40. The van der Waals surface area contributed by atoms with Crippen LogP contribution in [0.15, 0.2) is 18.2 Å². The molecule has 0 spiro atoms. The van der Waals surface area contributed by atoms with Crippen molar-refractivity contribution < 1.29 is 4.74 Å². The molecular formula is C9H12I2O. The summed E-state index contributed by atoms with van der Waals surface area (Å²) >= 11 is 4.24. The van der Waals surface area contributed by atoms with E-state index in [1.54, 1.807) is 7.11 Å². The average Bonchev–Trinajstić information content (AvgIpc) is 2.06. The van der Waals surface area contributed by atoms with E-state index in [4.69, 9.17) is 4.74 Å². The lowest BCUT2D eigenvalue weighted by atomic mass is 10.1. The van der Waals surface area contributed by atoms with Gasteiger partial charge in [-0.1, -0.05) is 6.07 Å². The van der Waals surface area contributed by atoms with Crippen LogP contribution in [0.2, 0.25) is 0 Å². The molecule has 0 saturated heterocycles. The van der Waals surface area contributed by atoms with Gasteiger partial charge in [-0.05, 0) is 37.1 Å². The third-order valence-corrected chi connectivity index (χ3v) is 1.43. The van der Waals surface area contributed by atoms with E-state index >= 15 is 0 Å². The largest absolute Gasteiger partial charge is 0.497 e. The second kappa shape index (κ2) is 6.94. The molecule has 0 fully saturated rings. The number of benzene rings is 1. The van der Waals surface area contributed by atoms with Gasteiger partial charge in [0.1, 0.15) is 5.75 Å². The van der Waals surface area contributed by atoms with Gasteiger partial charge in [-0.15, -0.1) is 0 Å². The van der Waals surface area contributed by atoms with Crippen LogP contribution in [-0.4, -0.2) is 7.11 Å². The van der Waals surface area contributed by atoms with Crippen molar-refractivity contribution in [3.8, 4) is 5.75 Å². The van der Waals surface area contributed by atoms with Crippen molar-refractivity contribution in [1.82, 2.24) is 0 Å². The minimum absolute atomic E-state index is 0.942. The van der Waals surface area contributed by atoms with Gasteiger partial charge >= 0.3 is 0 Å². The maximum Gasteiger partial charge on any atom is 0.119 e. The van der Waals surface area contributed by atoms with Crippen molar-refractivity contribution in [2.75, 3.05) is 7.11 Å². The smallest absolute Gasteiger partial charge is 0.119 e. The molecule has 0 aliphatic carbocycles. The summed E-state index contributed by atoms with van der Waals surface area (Å²) in [5.74, 6) is 0.942. The Kier molecular flexibility index (Phi) is 7.22. The summed E-state index contributed by atoms with van der Waals surface area (Å²) in [6.45, 7) is 4.13. The summed E-state index contributed by atoms with van der Waals surface area (Å²) in [4.78, 5) is 0. The standard InChI is InChI=1S/C9H12O.I2/c1-7-4-8(2)6-9(5-7)10-3;1-2/h4-6H,1-3H3;. The molecule has 0 saturated carbocycles. The van der Waals surface area contributed by atoms with Gasteiger partial charge in [0.15, 0.2) is 0 Å². The van der Waals surface area contributed by atoms with Crippen molar-refractivity contribution in [2.24, 2.45) is 0 Å². The lowest BCUT2D eigenvalue weighted by Crippen LogP contribution is -1.84. The number of hydrogen-bond donors (Lipinski definition) is 0. The van der Waals surface area contributed by atoms with Crippen LogP contribution in [0.3, 0.4) is 0 Å². The summed E-state index contributed by atoms with van der Waals surface area (Å²) in [5, 5.41) is 0. The number of rotatable bonds is 1. The molecule has 0 bridgehead atoms. The van der Waals surface area contributed by atoms with Crippen molar-refractivity contribution >= 4 is 37.2 Å². The number of methoxy groups -OCH3 is 1. The summed E-state index contributed by atoms with van der Waals surface area (Å²) in [6, 6.07) is 6.17. The number of halogens is 2. The summed E-state index contributed by atoms with van der Waals surface area (Å²) in [6.07, 6.45) is 0. The zero-order valence-corrected chi connectivity index (χ0v) is 11.7. The van der Waals surface area contributed by atoms with Gasteiger partial charge < -0.3 is 4.74 Å². The predicted molar refractivity (Wildman–Crippen MR) is 70.5 cm³/mol. The zero-order chi connectivity index (χ0) is 9.56. The first-order chi connectivity index (χ1) is 5.72. The van der Waals surface area contributed by atoms with E-state index in [1.165, 1.54) is 11.1 Å². The molecule has 68 valence electrons. The summed E-state index contributed by atoms with van der Waals surface area (Å²) < 4.78 is 5.08. The van der Waals surface area contributed by atoms with Gasteiger partial charge in [-0.3, -0.25) is 0 Å². The minimum atomic E-state index is 0.942.